The molecule has 0 spiro atoms. The Bertz CT molecular complexity index is 457. The van der Waals surface area contributed by atoms with Gasteiger partial charge in [0.1, 0.15) is 5.82 Å². The van der Waals surface area contributed by atoms with E-state index < -0.39 is 0 Å². The zero-order valence-corrected chi connectivity index (χ0v) is 10.2. The van der Waals surface area contributed by atoms with Crippen molar-refractivity contribution in [3.05, 3.63) is 35.6 Å². The number of rotatable bonds is 5. The summed E-state index contributed by atoms with van der Waals surface area (Å²) in [5.74, 6) is -0.355. The van der Waals surface area contributed by atoms with Gasteiger partial charge in [-0.1, -0.05) is 12.1 Å². The molecule has 0 fully saturated rings. The predicted molar refractivity (Wildman–Crippen MR) is 65.6 cm³/mol. The summed E-state index contributed by atoms with van der Waals surface area (Å²) >= 11 is 0. The molecule has 4 nitrogen and oxygen atoms in total. The molecule has 0 saturated heterocycles. The van der Waals surface area contributed by atoms with Crippen molar-refractivity contribution in [3.63, 3.8) is 0 Å². The summed E-state index contributed by atoms with van der Waals surface area (Å²) in [6, 6.07) is 9.41. The molecule has 0 aliphatic carbocycles. The molecule has 1 aromatic rings. The Kier molecular flexibility index (Phi) is 5.26. The van der Waals surface area contributed by atoms with Crippen molar-refractivity contribution in [1.29, 1.82) is 10.5 Å². The third-order valence-electron chi connectivity index (χ3n) is 2.63. The van der Waals surface area contributed by atoms with Crippen LogP contribution in [0, 0.1) is 28.5 Å². The molecule has 0 saturated carbocycles. The summed E-state index contributed by atoms with van der Waals surface area (Å²) in [6.07, 6.45) is 0. The molecule has 0 bridgehead atoms. The molecule has 18 heavy (non-hydrogen) atoms. The molecule has 5 heteroatoms. The molecule has 0 amide bonds. The highest BCUT2D eigenvalue weighted by molar-refractivity contribution is 5.22. The van der Waals surface area contributed by atoms with E-state index in [1.165, 1.54) is 12.1 Å². The quantitative estimate of drug-likeness (QED) is 0.800. The van der Waals surface area contributed by atoms with Gasteiger partial charge in [0.25, 0.3) is 0 Å². The molecule has 2 atom stereocenters. The maximum absolute atomic E-state index is 13.2. The molecule has 0 aliphatic heterocycles. The van der Waals surface area contributed by atoms with Crippen LogP contribution in [0.2, 0.25) is 0 Å². The van der Waals surface area contributed by atoms with E-state index in [0.29, 0.717) is 5.56 Å². The number of nitrogens with two attached hydrogens (primary N) is 1. The van der Waals surface area contributed by atoms with Gasteiger partial charge < -0.3 is 5.73 Å². The van der Waals surface area contributed by atoms with Crippen LogP contribution in [0.3, 0.4) is 0 Å². The van der Waals surface area contributed by atoms with E-state index >= 15 is 0 Å². The molecular weight excluding hydrogens is 231 g/mol. The maximum atomic E-state index is 13.2. The van der Waals surface area contributed by atoms with Crippen LogP contribution in [0.25, 0.3) is 0 Å². The maximum Gasteiger partial charge on any atom is 0.123 e. The summed E-state index contributed by atoms with van der Waals surface area (Å²) in [4.78, 5) is 1.64. The topological polar surface area (TPSA) is 76.8 Å². The number of benzene rings is 1. The standard InChI is InChI=1S/C13H15FN4/c1-10(17)13(18(7-5-15)8-6-16)11-3-2-4-12(14)9-11/h2-4,9-10,13H,7-8,17H2,1H3. The van der Waals surface area contributed by atoms with Gasteiger partial charge in [0, 0.05) is 6.04 Å². The molecular formula is C13H15FN4. The number of hydrogen-bond donors (Lipinski definition) is 1. The predicted octanol–water partition coefficient (Wildman–Crippen LogP) is 1.56. The Balaban J connectivity index is 3.08. The molecule has 1 aromatic carbocycles. The molecule has 1 rings (SSSR count). The lowest BCUT2D eigenvalue weighted by atomic mass is 9.99. The fourth-order valence-corrected chi connectivity index (χ4v) is 1.97. The Hall–Kier alpha value is -1.95. The van der Waals surface area contributed by atoms with Crippen molar-refractivity contribution >= 4 is 0 Å². The van der Waals surface area contributed by atoms with E-state index in [0.717, 1.165) is 0 Å². The van der Waals surface area contributed by atoms with Gasteiger partial charge in [-0.25, -0.2) is 4.39 Å². The van der Waals surface area contributed by atoms with Crippen molar-refractivity contribution in [2.24, 2.45) is 5.73 Å². The van der Waals surface area contributed by atoms with Gasteiger partial charge in [-0.05, 0) is 24.6 Å². The monoisotopic (exact) mass is 246 g/mol. The van der Waals surface area contributed by atoms with Gasteiger partial charge in [0.2, 0.25) is 0 Å². The lowest BCUT2D eigenvalue weighted by Gasteiger charge is -2.31. The summed E-state index contributed by atoms with van der Waals surface area (Å²) in [6.45, 7) is 1.93. The Labute approximate surface area is 106 Å². The largest absolute Gasteiger partial charge is 0.326 e. The van der Waals surface area contributed by atoms with Crippen molar-refractivity contribution in [1.82, 2.24) is 4.90 Å². The number of halogens is 1. The van der Waals surface area contributed by atoms with E-state index in [2.05, 4.69) is 0 Å². The number of hydrogen-bond acceptors (Lipinski definition) is 4. The van der Waals surface area contributed by atoms with Crippen LogP contribution in [-0.4, -0.2) is 24.0 Å². The number of nitriles is 2. The van der Waals surface area contributed by atoms with Crippen LogP contribution < -0.4 is 5.73 Å². The van der Waals surface area contributed by atoms with E-state index in [9.17, 15) is 4.39 Å². The summed E-state index contributed by atoms with van der Waals surface area (Å²) in [7, 11) is 0. The normalized spacial score (nSPS) is 13.7. The average Bonchev–Trinajstić information content (AvgIpc) is 2.29. The van der Waals surface area contributed by atoms with Gasteiger partial charge in [-0.2, -0.15) is 10.5 Å². The smallest absolute Gasteiger partial charge is 0.123 e. The van der Waals surface area contributed by atoms with Crippen molar-refractivity contribution in [3.8, 4) is 12.1 Å². The van der Waals surface area contributed by atoms with Crippen LogP contribution in [-0.2, 0) is 0 Å². The molecule has 0 radical (unpaired) electrons. The molecule has 94 valence electrons. The second-order valence-corrected chi connectivity index (χ2v) is 4.08. The summed E-state index contributed by atoms with van der Waals surface area (Å²) in [5.41, 5.74) is 6.57. The van der Waals surface area contributed by atoms with Gasteiger partial charge >= 0.3 is 0 Å². The Morgan fingerprint density at radius 1 is 1.33 bits per heavy atom. The van der Waals surface area contributed by atoms with Crippen molar-refractivity contribution in [2.45, 2.75) is 19.0 Å². The van der Waals surface area contributed by atoms with E-state index in [1.807, 2.05) is 12.1 Å². The van der Waals surface area contributed by atoms with Crippen LogP contribution in [0.4, 0.5) is 4.39 Å². The minimum absolute atomic E-state index is 0.0796. The Morgan fingerprint density at radius 3 is 2.39 bits per heavy atom. The second kappa shape index (κ2) is 6.70. The van der Waals surface area contributed by atoms with Crippen LogP contribution in [0.1, 0.15) is 18.5 Å². The molecule has 2 N–H and O–H groups in total. The molecule has 0 aliphatic rings. The van der Waals surface area contributed by atoms with Crippen LogP contribution >= 0.6 is 0 Å². The molecule has 0 aromatic heterocycles. The van der Waals surface area contributed by atoms with E-state index in [4.69, 9.17) is 16.3 Å². The fraction of sp³-hybridized carbons (Fsp3) is 0.385. The summed E-state index contributed by atoms with van der Waals surface area (Å²) < 4.78 is 13.2. The highest BCUT2D eigenvalue weighted by Gasteiger charge is 2.24. The first-order valence-corrected chi connectivity index (χ1v) is 5.59. The van der Waals surface area contributed by atoms with E-state index in [1.54, 1.807) is 24.0 Å². The minimum Gasteiger partial charge on any atom is -0.326 e. The first-order chi connectivity index (χ1) is 8.60. The van der Waals surface area contributed by atoms with Gasteiger partial charge in [-0.3, -0.25) is 4.90 Å². The summed E-state index contributed by atoms with van der Waals surface area (Å²) in [5, 5.41) is 17.6. The van der Waals surface area contributed by atoms with Crippen LogP contribution in [0.15, 0.2) is 24.3 Å². The highest BCUT2D eigenvalue weighted by atomic mass is 19.1. The first kappa shape index (κ1) is 14.1. The van der Waals surface area contributed by atoms with Gasteiger partial charge in [0.15, 0.2) is 0 Å². The Morgan fingerprint density at radius 2 is 1.94 bits per heavy atom. The third kappa shape index (κ3) is 3.53. The average molecular weight is 246 g/mol. The zero-order chi connectivity index (χ0) is 13.5. The third-order valence-corrected chi connectivity index (χ3v) is 2.63. The lowest BCUT2D eigenvalue weighted by Crippen LogP contribution is -2.40. The molecule has 0 heterocycles. The van der Waals surface area contributed by atoms with Crippen molar-refractivity contribution < 1.29 is 4.39 Å². The minimum atomic E-state index is -0.355. The van der Waals surface area contributed by atoms with Crippen LogP contribution in [0.5, 0.6) is 0 Å². The highest BCUT2D eigenvalue weighted by Crippen LogP contribution is 2.23. The SMILES string of the molecule is CC(N)C(c1cccc(F)c1)N(CC#N)CC#N. The van der Waals surface area contributed by atoms with Crippen molar-refractivity contribution in [2.75, 3.05) is 13.1 Å². The van der Waals surface area contributed by atoms with E-state index in [-0.39, 0.29) is 31.0 Å². The zero-order valence-electron chi connectivity index (χ0n) is 10.2. The second-order valence-electron chi connectivity index (χ2n) is 4.08. The molecule has 2 unspecified atom stereocenters. The lowest BCUT2D eigenvalue weighted by molar-refractivity contribution is 0.221. The first-order valence-electron chi connectivity index (χ1n) is 5.59. The van der Waals surface area contributed by atoms with Gasteiger partial charge in [-0.15, -0.1) is 0 Å². The van der Waals surface area contributed by atoms with Gasteiger partial charge in [0.05, 0.1) is 31.3 Å². The number of nitrogens with zero attached hydrogens (tertiary/aromatic N) is 3. The fourth-order valence-electron chi connectivity index (χ4n) is 1.97.